The lowest BCUT2D eigenvalue weighted by Crippen LogP contribution is -2.37. The van der Waals surface area contributed by atoms with Gasteiger partial charge in [-0.25, -0.2) is 9.18 Å². The van der Waals surface area contributed by atoms with Crippen LogP contribution in [-0.2, 0) is 10.4 Å². The zero-order chi connectivity index (χ0) is 15.8. The minimum atomic E-state index is -1.65. The lowest BCUT2D eigenvalue weighted by Gasteiger charge is -2.25. The molecule has 0 aliphatic carbocycles. The molecule has 1 fully saturated rings. The second-order valence-corrected chi connectivity index (χ2v) is 7.15. The molecule has 1 aliphatic heterocycles. The predicted molar refractivity (Wildman–Crippen MR) is 81.7 cm³/mol. The molecule has 0 spiro atoms. The van der Waals surface area contributed by atoms with Crippen LogP contribution >= 0.6 is 23.2 Å². The van der Waals surface area contributed by atoms with E-state index in [2.05, 4.69) is 0 Å². The number of rotatable bonds is 1. The number of hydrogen-bond acceptors (Lipinski definition) is 2. The van der Waals surface area contributed by atoms with E-state index in [9.17, 15) is 4.79 Å². The summed E-state index contributed by atoms with van der Waals surface area (Å²) in [5, 5.41) is 0.760. The predicted octanol–water partition coefficient (Wildman–Crippen LogP) is 4.80. The van der Waals surface area contributed by atoms with Gasteiger partial charge in [0.05, 0.1) is 6.54 Å². The summed E-state index contributed by atoms with van der Waals surface area (Å²) in [6, 6.07) is 4.65. The average molecular weight is 334 g/mol. The Labute approximate surface area is 134 Å². The SMILES string of the molecule is CC(C)(C)OC(=O)N1CCC(F)(c2cc(Cl)cc(Cl)c2)C1. The number of likely N-dealkylation sites (tertiary alicyclic amines) is 1. The van der Waals surface area contributed by atoms with Gasteiger partial charge in [-0.15, -0.1) is 0 Å². The number of amides is 1. The molecule has 116 valence electrons. The van der Waals surface area contributed by atoms with Crippen molar-refractivity contribution in [2.75, 3.05) is 13.1 Å². The molecule has 1 amide bonds. The zero-order valence-electron chi connectivity index (χ0n) is 12.3. The average Bonchev–Trinajstić information content (AvgIpc) is 2.70. The van der Waals surface area contributed by atoms with Crippen LogP contribution in [0.1, 0.15) is 32.8 Å². The summed E-state index contributed by atoms with van der Waals surface area (Å²) in [5.74, 6) is 0. The number of ether oxygens (including phenoxy) is 1. The van der Waals surface area contributed by atoms with Crippen LogP contribution in [0.2, 0.25) is 10.0 Å². The summed E-state index contributed by atoms with van der Waals surface area (Å²) in [5.41, 5.74) is -1.85. The van der Waals surface area contributed by atoms with Crippen molar-refractivity contribution in [3.63, 3.8) is 0 Å². The van der Waals surface area contributed by atoms with Crippen molar-refractivity contribution in [3.8, 4) is 0 Å². The smallest absolute Gasteiger partial charge is 0.410 e. The Kier molecular flexibility index (Phi) is 4.41. The number of benzene rings is 1. The summed E-state index contributed by atoms with van der Waals surface area (Å²) < 4.78 is 20.3. The standard InChI is InChI=1S/C15H18Cl2FNO2/c1-14(2,3)21-13(20)19-5-4-15(18,9-19)10-6-11(16)8-12(17)7-10/h6-8H,4-5,9H2,1-3H3. The first-order valence-corrected chi connectivity index (χ1v) is 7.48. The van der Waals surface area contributed by atoms with E-state index in [0.29, 0.717) is 22.2 Å². The molecule has 1 saturated heterocycles. The maximum absolute atomic E-state index is 15.1. The molecule has 0 N–H and O–H groups in total. The first-order chi connectivity index (χ1) is 9.59. The molecule has 1 aliphatic rings. The maximum Gasteiger partial charge on any atom is 0.410 e. The van der Waals surface area contributed by atoms with Crippen molar-refractivity contribution < 1.29 is 13.9 Å². The van der Waals surface area contributed by atoms with Crippen molar-refractivity contribution >= 4 is 29.3 Å². The highest BCUT2D eigenvalue weighted by Gasteiger charge is 2.43. The topological polar surface area (TPSA) is 29.5 Å². The fourth-order valence-electron chi connectivity index (χ4n) is 2.30. The van der Waals surface area contributed by atoms with Crippen LogP contribution < -0.4 is 0 Å². The van der Waals surface area contributed by atoms with Crippen LogP contribution in [-0.4, -0.2) is 29.7 Å². The van der Waals surface area contributed by atoms with Gasteiger partial charge in [-0.1, -0.05) is 23.2 Å². The Bertz CT molecular complexity index is 539. The molecule has 1 atom stereocenters. The summed E-state index contributed by atoms with van der Waals surface area (Å²) in [7, 11) is 0. The quantitative estimate of drug-likeness (QED) is 0.738. The number of carbonyl (C=O) groups is 1. The minimum Gasteiger partial charge on any atom is -0.444 e. The Balaban J connectivity index is 2.15. The first kappa shape index (κ1) is 16.4. The van der Waals surface area contributed by atoms with Gasteiger partial charge in [0.2, 0.25) is 0 Å². The van der Waals surface area contributed by atoms with Crippen LogP contribution in [0.25, 0.3) is 0 Å². The summed E-state index contributed by atoms with van der Waals surface area (Å²) >= 11 is 11.8. The third-order valence-corrected chi connectivity index (χ3v) is 3.69. The molecule has 0 bridgehead atoms. The molecule has 3 nitrogen and oxygen atoms in total. The fraction of sp³-hybridized carbons (Fsp3) is 0.533. The van der Waals surface area contributed by atoms with Crippen LogP contribution in [0.3, 0.4) is 0 Å². The molecule has 21 heavy (non-hydrogen) atoms. The van der Waals surface area contributed by atoms with Gasteiger partial charge in [-0.3, -0.25) is 0 Å². The van der Waals surface area contributed by atoms with Crippen LogP contribution in [0.4, 0.5) is 9.18 Å². The van der Waals surface area contributed by atoms with E-state index >= 15 is 4.39 Å². The highest BCUT2D eigenvalue weighted by atomic mass is 35.5. The molecular weight excluding hydrogens is 316 g/mol. The maximum atomic E-state index is 15.1. The Morgan fingerprint density at radius 3 is 2.38 bits per heavy atom. The largest absolute Gasteiger partial charge is 0.444 e. The Hall–Kier alpha value is -1.000. The zero-order valence-corrected chi connectivity index (χ0v) is 13.8. The van der Waals surface area contributed by atoms with Gasteiger partial charge >= 0.3 is 6.09 Å². The molecule has 0 radical (unpaired) electrons. The van der Waals surface area contributed by atoms with Gasteiger partial charge in [-0.05, 0) is 44.5 Å². The molecule has 1 heterocycles. The first-order valence-electron chi connectivity index (χ1n) is 6.72. The molecule has 0 saturated carbocycles. The second-order valence-electron chi connectivity index (χ2n) is 6.28. The lowest BCUT2D eigenvalue weighted by atomic mass is 9.95. The molecule has 0 aromatic heterocycles. The number of carbonyl (C=O) groups excluding carboxylic acids is 1. The van der Waals surface area contributed by atoms with E-state index in [1.54, 1.807) is 39.0 Å². The molecule has 1 aromatic carbocycles. The monoisotopic (exact) mass is 333 g/mol. The van der Waals surface area contributed by atoms with Crippen LogP contribution in [0.5, 0.6) is 0 Å². The number of halogens is 3. The summed E-state index contributed by atoms with van der Waals surface area (Å²) in [4.78, 5) is 13.4. The molecule has 6 heteroatoms. The minimum absolute atomic E-state index is 0.0570. The molecule has 1 unspecified atom stereocenters. The van der Waals surface area contributed by atoms with Crippen LogP contribution in [0.15, 0.2) is 18.2 Å². The number of hydrogen-bond donors (Lipinski definition) is 0. The highest BCUT2D eigenvalue weighted by molar-refractivity contribution is 6.34. The Morgan fingerprint density at radius 2 is 1.86 bits per heavy atom. The van der Waals surface area contributed by atoms with Crippen molar-refractivity contribution in [1.29, 1.82) is 0 Å². The number of nitrogens with zero attached hydrogens (tertiary/aromatic N) is 1. The number of alkyl halides is 1. The van der Waals surface area contributed by atoms with Gasteiger partial charge in [0, 0.05) is 23.0 Å². The third-order valence-electron chi connectivity index (χ3n) is 3.25. The highest BCUT2D eigenvalue weighted by Crippen LogP contribution is 2.38. The molecular formula is C15H18Cl2FNO2. The second kappa shape index (κ2) is 5.65. The van der Waals surface area contributed by atoms with Gasteiger partial charge in [-0.2, -0.15) is 0 Å². The van der Waals surface area contributed by atoms with Crippen LogP contribution in [0, 0.1) is 0 Å². The van der Waals surface area contributed by atoms with Gasteiger partial charge in [0.1, 0.15) is 5.60 Å². The summed E-state index contributed by atoms with van der Waals surface area (Å²) in [6.45, 7) is 5.58. The van der Waals surface area contributed by atoms with Crippen molar-refractivity contribution in [2.24, 2.45) is 0 Å². The van der Waals surface area contributed by atoms with Crippen molar-refractivity contribution in [1.82, 2.24) is 4.90 Å². The van der Waals surface area contributed by atoms with Crippen molar-refractivity contribution in [2.45, 2.75) is 38.5 Å². The molecule has 1 aromatic rings. The van der Waals surface area contributed by atoms with Gasteiger partial charge in [0.15, 0.2) is 5.67 Å². The van der Waals surface area contributed by atoms with E-state index in [4.69, 9.17) is 27.9 Å². The lowest BCUT2D eigenvalue weighted by molar-refractivity contribution is 0.0257. The van der Waals surface area contributed by atoms with Gasteiger partial charge in [0.25, 0.3) is 0 Å². The molecule has 2 rings (SSSR count). The van der Waals surface area contributed by atoms with Gasteiger partial charge < -0.3 is 9.64 Å². The fourth-order valence-corrected chi connectivity index (χ4v) is 2.83. The third kappa shape index (κ3) is 4.01. The van der Waals surface area contributed by atoms with E-state index in [1.807, 2.05) is 0 Å². The van der Waals surface area contributed by atoms with E-state index in [0.717, 1.165) is 0 Å². The van der Waals surface area contributed by atoms with E-state index in [1.165, 1.54) is 4.90 Å². The van der Waals surface area contributed by atoms with E-state index in [-0.39, 0.29) is 13.0 Å². The summed E-state index contributed by atoms with van der Waals surface area (Å²) in [6.07, 6.45) is -0.307. The normalized spacial score (nSPS) is 22.5. The van der Waals surface area contributed by atoms with E-state index < -0.39 is 17.4 Å². The van der Waals surface area contributed by atoms with Crippen molar-refractivity contribution in [3.05, 3.63) is 33.8 Å². The Morgan fingerprint density at radius 1 is 1.29 bits per heavy atom.